The molecule has 10 heavy (non-hydrogen) atoms. The van der Waals surface area contributed by atoms with E-state index < -0.39 is 0 Å². The second kappa shape index (κ2) is 11.2. The van der Waals surface area contributed by atoms with Gasteiger partial charge in [-0.25, -0.2) is 0 Å². The normalized spacial score (nSPS) is 7.00. The Morgan fingerprint density at radius 3 is 2.40 bits per heavy atom. The minimum absolute atomic E-state index is 0.250. The molecule has 0 saturated carbocycles. The van der Waals surface area contributed by atoms with Gasteiger partial charge in [-0.15, -0.1) is 6.58 Å². The van der Waals surface area contributed by atoms with Crippen LogP contribution in [0.1, 0.15) is 6.92 Å². The summed E-state index contributed by atoms with van der Waals surface area (Å²) in [5, 5.41) is 10.6. The average molecular weight is 162 g/mol. The molecule has 0 aliphatic rings. The number of hydrogen-bond donors (Lipinski definition) is 3. The van der Waals surface area contributed by atoms with Gasteiger partial charge in [-0.05, 0) is 19.1 Å². The number of aliphatic hydroxyl groups excluding tert-OH is 1. The van der Waals surface area contributed by atoms with Crippen LogP contribution in [0.4, 0.5) is 0 Å². The summed E-state index contributed by atoms with van der Waals surface area (Å²) in [7, 11) is 0. The van der Waals surface area contributed by atoms with Gasteiger partial charge in [0.15, 0.2) is 5.11 Å². The van der Waals surface area contributed by atoms with Crippen LogP contribution in [0.2, 0.25) is 0 Å². The van der Waals surface area contributed by atoms with Crippen LogP contribution in [-0.4, -0.2) is 23.4 Å². The molecule has 0 bridgehead atoms. The van der Waals surface area contributed by atoms with Crippen LogP contribution in [-0.2, 0) is 0 Å². The predicted molar refractivity (Wildman–Crippen MR) is 47.7 cm³/mol. The van der Waals surface area contributed by atoms with Crippen molar-refractivity contribution in [3.05, 3.63) is 12.7 Å². The summed E-state index contributed by atoms with van der Waals surface area (Å²) < 4.78 is 0. The zero-order valence-corrected chi connectivity index (χ0v) is 6.95. The molecular weight excluding hydrogens is 148 g/mol. The zero-order chi connectivity index (χ0) is 8.41. The zero-order valence-electron chi connectivity index (χ0n) is 6.13. The fraction of sp³-hybridized carbons (Fsp3) is 0.500. The second-order valence-electron chi connectivity index (χ2n) is 1.35. The summed E-state index contributed by atoms with van der Waals surface area (Å²) in [5.74, 6) is 0. The molecule has 0 radical (unpaired) electrons. The summed E-state index contributed by atoms with van der Waals surface area (Å²) in [6.45, 7) is 6.03. The van der Waals surface area contributed by atoms with E-state index in [2.05, 4.69) is 24.1 Å². The van der Waals surface area contributed by atoms with Gasteiger partial charge in [-0.1, -0.05) is 6.08 Å². The monoisotopic (exact) mass is 162 g/mol. The Morgan fingerprint density at radius 1 is 1.90 bits per heavy atom. The van der Waals surface area contributed by atoms with Crippen molar-refractivity contribution in [2.45, 2.75) is 6.92 Å². The second-order valence-corrected chi connectivity index (χ2v) is 1.79. The van der Waals surface area contributed by atoms with Gasteiger partial charge in [-0.2, -0.15) is 0 Å². The molecule has 0 fully saturated rings. The topological polar surface area (TPSA) is 58.3 Å². The molecule has 0 aromatic carbocycles. The summed E-state index contributed by atoms with van der Waals surface area (Å²) in [5.41, 5.74) is 5.05. The van der Waals surface area contributed by atoms with Crippen LogP contribution in [0.25, 0.3) is 0 Å². The van der Waals surface area contributed by atoms with Crippen LogP contribution in [0.5, 0.6) is 0 Å². The Labute approximate surface area is 66.9 Å². The van der Waals surface area contributed by atoms with Gasteiger partial charge in [0.25, 0.3) is 0 Å². The van der Waals surface area contributed by atoms with Gasteiger partial charge in [0.1, 0.15) is 0 Å². The van der Waals surface area contributed by atoms with Crippen LogP contribution in [0.3, 0.4) is 0 Å². The van der Waals surface area contributed by atoms with Crippen molar-refractivity contribution >= 4 is 17.3 Å². The van der Waals surface area contributed by atoms with Crippen molar-refractivity contribution in [3.8, 4) is 0 Å². The summed E-state index contributed by atoms with van der Waals surface area (Å²) in [6.07, 6.45) is 1.69. The summed E-state index contributed by atoms with van der Waals surface area (Å²) in [6, 6.07) is 0. The van der Waals surface area contributed by atoms with Crippen LogP contribution < -0.4 is 11.1 Å². The molecule has 0 spiro atoms. The molecule has 0 amide bonds. The third-order valence-corrected chi connectivity index (χ3v) is 0.565. The molecule has 0 aromatic heterocycles. The fourth-order valence-electron chi connectivity index (χ4n) is 0.173. The molecule has 0 heterocycles. The van der Waals surface area contributed by atoms with E-state index in [0.717, 1.165) is 0 Å². The molecule has 0 saturated heterocycles. The van der Waals surface area contributed by atoms with Crippen molar-refractivity contribution in [2.75, 3.05) is 13.2 Å². The van der Waals surface area contributed by atoms with Gasteiger partial charge in [0.05, 0.1) is 0 Å². The summed E-state index contributed by atoms with van der Waals surface area (Å²) in [4.78, 5) is 0. The first kappa shape index (κ1) is 12.1. The Balaban J connectivity index is 0. The van der Waals surface area contributed by atoms with E-state index in [4.69, 9.17) is 10.8 Å². The minimum Gasteiger partial charge on any atom is -0.397 e. The van der Waals surface area contributed by atoms with Crippen molar-refractivity contribution < 1.29 is 5.11 Å². The third-order valence-electron chi connectivity index (χ3n) is 0.421. The minimum atomic E-state index is 0.250. The number of aliphatic hydroxyl groups is 1. The predicted octanol–water partition coefficient (Wildman–Crippen LogP) is 0.00420. The standard InChI is InChI=1S/C4H8N2S.C2H6O/c1-2-3-6-4(5)7;1-2-3/h2H,1,3H2,(H3,5,6,7);3H,2H2,1H3. The first-order chi connectivity index (χ1) is 4.68. The molecule has 0 aliphatic carbocycles. The quantitative estimate of drug-likeness (QED) is 0.395. The highest BCUT2D eigenvalue weighted by Gasteiger charge is 1.76. The van der Waals surface area contributed by atoms with Crippen LogP contribution in [0, 0.1) is 0 Å². The van der Waals surface area contributed by atoms with Crippen molar-refractivity contribution in [1.29, 1.82) is 0 Å². The van der Waals surface area contributed by atoms with E-state index in [9.17, 15) is 0 Å². The first-order valence-electron chi connectivity index (χ1n) is 2.94. The number of rotatable bonds is 2. The molecule has 0 aromatic rings. The van der Waals surface area contributed by atoms with Gasteiger partial charge >= 0.3 is 0 Å². The Morgan fingerprint density at radius 2 is 2.30 bits per heavy atom. The van der Waals surface area contributed by atoms with E-state index in [-0.39, 0.29) is 6.61 Å². The molecule has 0 atom stereocenters. The average Bonchev–Trinajstić information content (AvgIpc) is 1.85. The maximum atomic E-state index is 7.57. The van der Waals surface area contributed by atoms with Crippen LogP contribution >= 0.6 is 12.2 Å². The molecular formula is C6H14N2OS. The molecule has 60 valence electrons. The van der Waals surface area contributed by atoms with Crippen LogP contribution in [0.15, 0.2) is 12.7 Å². The molecule has 4 heteroatoms. The molecule has 0 aliphatic heterocycles. The Bertz CT molecular complexity index is 95.7. The van der Waals surface area contributed by atoms with Crippen molar-refractivity contribution in [2.24, 2.45) is 5.73 Å². The van der Waals surface area contributed by atoms with Gasteiger partial charge in [0, 0.05) is 13.2 Å². The lowest BCUT2D eigenvalue weighted by molar-refractivity contribution is 0.318. The number of thiocarbonyl (C=S) groups is 1. The highest BCUT2D eigenvalue weighted by atomic mass is 32.1. The highest BCUT2D eigenvalue weighted by Crippen LogP contribution is 1.58. The van der Waals surface area contributed by atoms with E-state index in [1.165, 1.54) is 0 Å². The smallest absolute Gasteiger partial charge is 0.163 e. The van der Waals surface area contributed by atoms with Crippen molar-refractivity contribution in [3.63, 3.8) is 0 Å². The molecule has 4 N–H and O–H groups in total. The van der Waals surface area contributed by atoms with Gasteiger partial charge < -0.3 is 16.2 Å². The van der Waals surface area contributed by atoms with E-state index in [1.54, 1.807) is 13.0 Å². The van der Waals surface area contributed by atoms with E-state index in [0.29, 0.717) is 11.7 Å². The first-order valence-corrected chi connectivity index (χ1v) is 3.34. The molecule has 0 rings (SSSR count). The largest absolute Gasteiger partial charge is 0.397 e. The highest BCUT2D eigenvalue weighted by molar-refractivity contribution is 7.80. The SMILES string of the molecule is C=CCNC(N)=S.CCO. The number of nitrogens with one attached hydrogen (secondary N) is 1. The third kappa shape index (κ3) is 26.3. The number of hydrogen-bond acceptors (Lipinski definition) is 2. The van der Waals surface area contributed by atoms with Gasteiger partial charge in [0.2, 0.25) is 0 Å². The fourth-order valence-corrected chi connectivity index (χ4v) is 0.256. The molecule has 3 nitrogen and oxygen atoms in total. The lowest BCUT2D eigenvalue weighted by Crippen LogP contribution is -2.28. The van der Waals surface area contributed by atoms with Crippen molar-refractivity contribution in [1.82, 2.24) is 5.32 Å². The van der Waals surface area contributed by atoms with E-state index in [1.807, 2.05) is 0 Å². The Hall–Kier alpha value is -0.610. The Kier molecular flexibility index (Phi) is 13.6. The maximum Gasteiger partial charge on any atom is 0.163 e. The number of nitrogens with two attached hydrogens (primary N) is 1. The van der Waals surface area contributed by atoms with Gasteiger partial charge in [-0.3, -0.25) is 0 Å². The van der Waals surface area contributed by atoms with E-state index >= 15 is 0 Å². The lowest BCUT2D eigenvalue weighted by atomic mass is 10.6. The maximum absolute atomic E-state index is 7.57. The lowest BCUT2D eigenvalue weighted by Gasteiger charge is -1.94. The molecule has 0 unspecified atom stereocenters. The summed E-state index contributed by atoms with van der Waals surface area (Å²) >= 11 is 4.48.